The van der Waals surface area contributed by atoms with Gasteiger partial charge in [-0.1, -0.05) is 51.3 Å². The number of amides is 2. The van der Waals surface area contributed by atoms with Crippen LogP contribution in [0.5, 0.6) is 5.75 Å². The molecule has 0 aliphatic carbocycles. The first-order valence-electron chi connectivity index (χ1n) is 21.0. The van der Waals surface area contributed by atoms with Crippen LogP contribution in [0.25, 0.3) is 11.2 Å². The number of phosphoric ester groups is 3. The van der Waals surface area contributed by atoms with E-state index in [-0.39, 0.29) is 41.6 Å². The van der Waals surface area contributed by atoms with Crippen LogP contribution in [0.4, 0.5) is 11.5 Å². The van der Waals surface area contributed by atoms with Gasteiger partial charge in [-0.3, -0.25) is 32.5 Å². The summed E-state index contributed by atoms with van der Waals surface area (Å²) in [7, 11) is -16.4. The molecular formula is C36H55N10O18P3S. The summed E-state index contributed by atoms with van der Waals surface area (Å²) >= 11 is 1.12. The summed E-state index contributed by atoms with van der Waals surface area (Å²) in [6.07, 6.45) is -0.808. The Labute approximate surface area is 393 Å². The molecule has 3 aromatic rings. The average molecular weight is 1040 g/mol. The van der Waals surface area contributed by atoms with Gasteiger partial charge in [0, 0.05) is 37.1 Å². The predicted octanol–water partition coefficient (Wildman–Crippen LogP) is 2.58. The van der Waals surface area contributed by atoms with Crippen LogP contribution in [0.1, 0.15) is 71.4 Å². The smallest absolute Gasteiger partial charge is 0.481 e. The van der Waals surface area contributed by atoms with Crippen molar-refractivity contribution in [2.75, 3.05) is 49.5 Å². The molecule has 378 valence electrons. The largest absolute Gasteiger partial charge is 0.494 e. The summed E-state index contributed by atoms with van der Waals surface area (Å²) in [5.41, 5.74) is 5.15. The first-order chi connectivity index (χ1) is 32.0. The van der Waals surface area contributed by atoms with Crippen molar-refractivity contribution in [3.63, 3.8) is 0 Å². The summed E-state index contributed by atoms with van der Waals surface area (Å²) in [6, 6.07) is 7.54. The monoisotopic (exact) mass is 1040 g/mol. The molecule has 2 aliphatic rings. The number of nitrogen functional groups attached to an aromatic ring is 1. The maximum Gasteiger partial charge on any atom is 0.481 e. The summed E-state index contributed by atoms with van der Waals surface area (Å²) in [5.74, 6) is -0.299. The van der Waals surface area contributed by atoms with Gasteiger partial charge in [-0.2, -0.15) is 4.31 Å². The van der Waals surface area contributed by atoms with Crippen LogP contribution >= 0.6 is 35.2 Å². The quantitative estimate of drug-likeness (QED) is 0.0342. The van der Waals surface area contributed by atoms with Crippen molar-refractivity contribution in [2.24, 2.45) is 15.9 Å². The minimum atomic E-state index is -5.58. The number of benzene rings is 1. The molecule has 4 heterocycles. The Bertz CT molecular complexity index is 2360. The van der Waals surface area contributed by atoms with Gasteiger partial charge in [0.25, 0.3) is 0 Å². The van der Waals surface area contributed by atoms with Crippen molar-refractivity contribution in [1.29, 1.82) is 0 Å². The van der Waals surface area contributed by atoms with E-state index in [0.29, 0.717) is 18.8 Å². The molecule has 2 unspecified atom stereocenters. The summed E-state index contributed by atoms with van der Waals surface area (Å²) in [5, 5.41) is 35.6. The third-order valence-corrected chi connectivity index (χ3v) is 14.1. The highest BCUT2D eigenvalue weighted by Crippen LogP contribution is 2.61. The molecule has 68 heavy (non-hydrogen) atoms. The third-order valence-electron chi connectivity index (χ3n) is 10.1. The molecule has 5 rings (SSSR count). The van der Waals surface area contributed by atoms with Gasteiger partial charge in [0.1, 0.15) is 42.0 Å². The number of thioether (sulfide) groups is 1. The highest BCUT2D eigenvalue weighted by atomic mass is 32.2. The number of hydrogen-bond acceptors (Lipinski definition) is 22. The van der Waals surface area contributed by atoms with E-state index < -0.39 is 84.6 Å². The molecule has 28 nitrogen and oxygen atoms in total. The number of ether oxygens (including phenoxy) is 2. The highest BCUT2D eigenvalue weighted by molar-refractivity contribution is 8.13. The van der Waals surface area contributed by atoms with Crippen molar-refractivity contribution in [1.82, 2.24) is 30.2 Å². The number of carbonyl (C=O) groups is 3. The number of aromatic nitrogens is 4. The van der Waals surface area contributed by atoms with E-state index in [1.807, 2.05) is 24.3 Å². The number of fused-ring (bicyclic) bond motifs is 1. The van der Waals surface area contributed by atoms with Gasteiger partial charge < -0.3 is 55.6 Å². The zero-order valence-electron chi connectivity index (χ0n) is 36.8. The molecule has 2 amide bonds. The van der Waals surface area contributed by atoms with E-state index in [9.17, 15) is 57.9 Å². The zero-order chi connectivity index (χ0) is 49.7. The molecule has 0 saturated carbocycles. The number of nitrogens with one attached hydrogen (secondary N) is 2. The topological polar surface area (TPSA) is 401 Å². The number of nitrogens with zero attached hydrogens (tertiary/aromatic N) is 7. The average Bonchev–Trinajstić information content (AvgIpc) is 3.96. The minimum Gasteiger partial charge on any atom is -0.494 e. The molecule has 2 aliphatic heterocycles. The lowest BCUT2D eigenvalue weighted by Crippen LogP contribution is -2.46. The van der Waals surface area contributed by atoms with E-state index in [1.165, 1.54) is 19.0 Å². The predicted molar refractivity (Wildman–Crippen MR) is 239 cm³/mol. The molecule has 0 spiro atoms. The summed E-state index contributed by atoms with van der Waals surface area (Å²) in [4.78, 5) is 88.4. The molecule has 32 heteroatoms. The first-order valence-corrected chi connectivity index (χ1v) is 26.5. The van der Waals surface area contributed by atoms with Crippen LogP contribution in [-0.2, 0) is 50.7 Å². The maximum absolute atomic E-state index is 12.7. The molecule has 0 radical (unpaired) electrons. The Balaban J connectivity index is 0.919. The fourth-order valence-corrected chi connectivity index (χ4v) is 9.98. The van der Waals surface area contributed by atoms with Gasteiger partial charge >= 0.3 is 23.5 Å². The number of phosphoric acid groups is 3. The number of nitrogens with two attached hydrogens (primary N) is 1. The molecule has 0 bridgehead atoms. The summed E-state index contributed by atoms with van der Waals surface area (Å²) < 4.78 is 68.2. The second-order valence-electron chi connectivity index (χ2n) is 16.0. The van der Waals surface area contributed by atoms with Gasteiger partial charge in [0.15, 0.2) is 22.8 Å². The van der Waals surface area contributed by atoms with Crippen molar-refractivity contribution < 1.29 is 85.2 Å². The first kappa shape index (κ1) is 54.9. The number of imidazole rings is 1. The van der Waals surface area contributed by atoms with E-state index in [4.69, 9.17) is 24.3 Å². The van der Waals surface area contributed by atoms with Crippen LogP contribution < -0.4 is 26.2 Å². The Morgan fingerprint density at radius 2 is 1.59 bits per heavy atom. The van der Waals surface area contributed by atoms with Gasteiger partial charge in [0.2, 0.25) is 11.8 Å². The van der Waals surface area contributed by atoms with Crippen molar-refractivity contribution in [2.45, 2.75) is 95.9 Å². The van der Waals surface area contributed by atoms with Crippen LogP contribution in [-0.4, -0.2) is 129 Å². The number of anilines is 2. The minimum absolute atomic E-state index is 0.0245. The van der Waals surface area contributed by atoms with Gasteiger partial charge in [0.05, 0.1) is 31.8 Å². The molecule has 2 aromatic heterocycles. The van der Waals surface area contributed by atoms with Crippen LogP contribution in [0.15, 0.2) is 47.4 Å². The third kappa shape index (κ3) is 17.4. The standard InChI is InChI=1S/C36H55N10O18P3S/c1-36(2,20-61-67(57,58)64-66(55,56)60-19-25-30(63-65(52,53)54)29(49)35(62-25)45-22-42-28-32(37)40-21-41-33(28)45)31(50)34(51)39-15-14-26(47)38-16-18-68-27(48)9-7-5-3-4-6-8-17-59-24-12-10-23(11-13-24)46-43-44-46/h10-13,21-22,25,29-31,35,49-50H,3-9,14-20H2,1-2H3,(H,38,47)(H,39,51)(H,55,56)(H,57,58)(H2,37,40,41)(H2,52,53,54)/t25-,29-,30-,31+,35-/m1/s1. The van der Waals surface area contributed by atoms with E-state index in [0.717, 1.165) is 78.9 Å². The molecule has 1 aromatic carbocycles. The second-order valence-corrected chi connectivity index (χ2v) is 21.4. The second kappa shape index (κ2) is 24.7. The maximum atomic E-state index is 12.7. The fourth-order valence-electron chi connectivity index (χ4n) is 6.43. The number of aliphatic hydroxyl groups excluding tert-OH is 2. The Hall–Kier alpha value is -4.02. The fraction of sp³-hybridized carbons (Fsp3) is 0.611. The zero-order valence-corrected chi connectivity index (χ0v) is 40.3. The van der Waals surface area contributed by atoms with Crippen LogP contribution in [0.3, 0.4) is 0 Å². The van der Waals surface area contributed by atoms with Crippen molar-refractivity contribution in [3.05, 3.63) is 36.9 Å². The molecule has 1 saturated heterocycles. The van der Waals surface area contributed by atoms with E-state index >= 15 is 0 Å². The highest BCUT2D eigenvalue weighted by Gasteiger charge is 2.50. The van der Waals surface area contributed by atoms with Gasteiger partial charge in [-0.15, -0.1) is 5.12 Å². The van der Waals surface area contributed by atoms with Crippen molar-refractivity contribution >= 4 is 74.8 Å². The number of hydrogen-bond donors (Lipinski definition) is 9. The Morgan fingerprint density at radius 3 is 2.28 bits per heavy atom. The lowest BCUT2D eigenvalue weighted by molar-refractivity contribution is -0.137. The van der Waals surface area contributed by atoms with E-state index in [2.05, 4.69) is 44.9 Å². The molecule has 10 N–H and O–H groups in total. The van der Waals surface area contributed by atoms with Crippen molar-refractivity contribution in [3.8, 4) is 5.75 Å². The van der Waals surface area contributed by atoms with Crippen LogP contribution in [0.2, 0.25) is 0 Å². The van der Waals surface area contributed by atoms with Crippen LogP contribution in [0, 0.1) is 5.41 Å². The number of unbranched alkanes of at least 4 members (excludes halogenated alkanes) is 5. The molecule has 1 fully saturated rings. The summed E-state index contributed by atoms with van der Waals surface area (Å²) in [6.45, 7) is 1.12. The number of rotatable bonds is 30. The lowest BCUT2D eigenvalue weighted by atomic mass is 9.87. The molecule has 7 atom stereocenters. The van der Waals surface area contributed by atoms with E-state index in [1.54, 1.807) is 0 Å². The number of carbonyl (C=O) groups excluding carboxylic acids is 3. The number of aliphatic hydroxyl groups is 2. The normalized spacial score (nSPS) is 20.4. The Morgan fingerprint density at radius 1 is 0.912 bits per heavy atom. The SMILES string of the molecule is CC(C)(COP(=O)(O)OP(=O)(O)OC[C@H]1O[C@@H](n2cnc3c(N)ncnc32)[C@H](O)[C@@H]1OP(=O)(O)O)[C@@H](O)C(=O)NCCC(=O)NCCSC(=O)CCCCCCCCOc1ccc(N2N=N2)cc1. The van der Waals surface area contributed by atoms with Gasteiger partial charge in [-0.05, 0) is 47.6 Å². The molecular weight excluding hydrogens is 985 g/mol. The Kier molecular flexibility index (Phi) is 19.9. The van der Waals surface area contributed by atoms with Gasteiger partial charge in [-0.25, -0.2) is 28.6 Å². The lowest BCUT2D eigenvalue weighted by Gasteiger charge is -2.30.